The molecular weight excluding hydrogens is 404 g/mol. The highest BCUT2D eigenvalue weighted by molar-refractivity contribution is 7.08. The maximum absolute atomic E-state index is 5.88. The summed E-state index contributed by atoms with van der Waals surface area (Å²) in [6, 6.07) is 0. The molecule has 1 aliphatic carbocycles. The Kier molecular flexibility index (Phi) is 9.18. The highest BCUT2D eigenvalue weighted by atomic mass is 32.1. The number of thiophene rings is 2. The summed E-state index contributed by atoms with van der Waals surface area (Å²) in [7, 11) is 0. The molecule has 1 aliphatic heterocycles. The van der Waals surface area contributed by atoms with Gasteiger partial charge >= 0.3 is 0 Å². The Morgan fingerprint density at radius 2 is 1.20 bits per heavy atom. The Bertz CT molecular complexity index is 669. The van der Waals surface area contributed by atoms with Crippen molar-refractivity contribution in [2.75, 3.05) is 6.61 Å². The number of aryl methyl sites for hydroxylation is 1. The van der Waals surface area contributed by atoms with Crippen LogP contribution in [0.5, 0.6) is 5.75 Å². The van der Waals surface area contributed by atoms with Crippen LogP contribution in [0.2, 0.25) is 0 Å². The third kappa shape index (κ3) is 6.85. The molecule has 3 heterocycles. The van der Waals surface area contributed by atoms with Crippen LogP contribution in [0.4, 0.5) is 0 Å². The standard InChI is InChI=1S/C27H40OS2/c1(3-5-7-9-11-22-13-14-24-18-29-19-25(24)15-22)2-4-6-8-10-12-23-16-26-20-30-21-27(26)28-17-23/h18-23H,1-17H2. The summed E-state index contributed by atoms with van der Waals surface area (Å²) in [5.74, 6) is 2.88. The van der Waals surface area contributed by atoms with E-state index in [9.17, 15) is 0 Å². The molecule has 2 aliphatic rings. The van der Waals surface area contributed by atoms with Crippen LogP contribution in [0.25, 0.3) is 0 Å². The maximum Gasteiger partial charge on any atom is 0.133 e. The summed E-state index contributed by atoms with van der Waals surface area (Å²) < 4.78 is 5.88. The van der Waals surface area contributed by atoms with Crippen molar-refractivity contribution in [3.63, 3.8) is 0 Å². The lowest BCUT2D eigenvalue weighted by molar-refractivity contribution is 0.212. The lowest BCUT2D eigenvalue weighted by Crippen LogP contribution is -2.19. The minimum atomic E-state index is 0.757. The van der Waals surface area contributed by atoms with Crippen LogP contribution in [0.1, 0.15) is 100 Å². The number of ether oxygens (including phenoxy) is 1. The number of hydrogen-bond donors (Lipinski definition) is 0. The maximum atomic E-state index is 5.88. The number of fused-ring (bicyclic) bond motifs is 2. The van der Waals surface area contributed by atoms with Crippen molar-refractivity contribution >= 4 is 22.7 Å². The molecule has 1 nitrogen and oxygen atoms in total. The smallest absolute Gasteiger partial charge is 0.133 e. The molecule has 0 amide bonds. The van der Waals surface area contributed by atoms with Crippen LogP contribution in [-0.2, 0) is 19.3 Å². The van der Waals surface area contributed by atoms with Gasteiger partial charge in [-0.1, -0.05) is 70.6 Å². The van der Waals surface area contributed by atoms with Gasteiger partial charge in [-0.25, -0.2) is 0 Å². The van der Waals surface area contributed by atoms with Gasteiger partial charge < -0.3 is 4.74 Å². The lowest BCUT2D eigenvalue weighted by atomic mass is 9.83. The zero-order chi connectivity index (χ0) is 20.4. The fourth-order valence-corrected chi connectivity index (χ4v) is 7.10. The number of hydrogen-bond acceptors (Lipinski definition) is 3. The van der Waals surface area contributed by atoms with E-state index in [1.165, 1.54) is 108 Å². The molecule has 2 aromatic heterocycles. The largest absolute Gasteiger partial charge is 0.492 e. The third-order valence-corrected chi connectivity index (χ3v) is 8.94. The van der Waals surface area contributed by atoms with E-state index in [1.807, 2.05) is 11.3 Å². The van der Waals surface area contributed by atoms with E-state index in [4.69, 9.17) is 4.74 Å². The van der Waals surface area contributed by atoms with Crippen molar-refractivity contribution in [2.24, 2.45) is 11.8 Å². The van der Waals surface area contributed by atoms with Crippen LogP contribution < -0.4 is 4.74 Å². The van der Waals surface area contributed by atoms with Crippen LogP contribution in [-0.4, -0.2) is 6.61 Å². The van der Waals surface area contributed by atoms with E-state index in [0.29, 0.717) is 0 Å². The zero-order valence-electron chi connectivity index (χ0n) is 18.7. The van der Waals surface area contributed by atoms with Gasteiger partial charge in [-0.2, -0.15) is 11.3 Å². The average molecular weight is 445 g/mol. The Labute approximate surface area is 192 Å². The molecule has 0 spiro atoms. The zero-order valence-corrected chi connectivity index (χ0v) is 20.3. The van der Waals surface area contributed by atoms with Crippen LogP contribution >= 0.6 is 22.7 Å². The normalized spacial score (nSPS) is 20.5. The first-order valence-corrected chi connectivity index (χ1v) is 14.5. The minimum Gasteiger partial charge on any atom is -0.492 e. The monoisotopic (exact) mass is 444 g/mol. The van der Waals surface area contributed by atoms with Crippen molar-refractivity contribution in [3.8, 4) is 5.75 Å². The molecule has 0 radical (unpaired) electrons. The van der Waals surface area contributed by atoms with Gasteiger partial charge in [0.2, 0.25) is 0 Å². The Morgan fingerprint density at radius 3 is 1.97 bits per heavy atom. The van der Waals surface area contributed by atoms with Gasteiger partial charge in [0.15, 0.2) is 0 Å². The minimum absolute atomic E-state index is 0.757. The molecule has 2 atom stereocenters. The molecule has 30 heavy (non-hydrogen) atoms. The molecule has 0 N–H and O–H groups in total. The SMILES string of the molecule is c1scc2c1CCC(CCCCCCCCCCCCC1COc3cscc3C1)C2. The summed E-state index contributed by atoms with van der Waals surface area (Å²) in [6.45, 7) is 0.944. The predicted molar refractivity (Wildman–Crippen MR) is 132 cm³/mol. The van der Waals surface area contributed by atoms with Crippen molar-refractivity contribution in [1.29, 1.82) is 0 Å². The summed E-state index contributed by atoms with van der Waals surface area (Å²) in [5, 5.41) is 9.20. The molecule has 0 aromatic carbocycles. The highest BCUT2D eigenvalue weighted by Gasteiger charge is 2.20. The summed E-state index contributed by atoms with van der Waals surface area (Å²) in [5.41, 5.74) is 4.77. The van der Waals surface area contributed by atoms with E-state index in [-0.39, 0.29) is 0 Å². The van der Waals surface area contributed by atoms with Crippen molar-refractivity contribution in [2.45, 2.75) is 103 Å². The summed E-state index contributed by atoms with van der Waals surface area (Å²) in [6.07, 6.45) is 22.6. The second-order valence-electron chi connectivity index (χ2n) is 9.79. The predicted octanol–water partition coefficient (Wildman–Crippen LogP) is 8.85. The first kappa shape index (κ1) is 22.4. The first-order chi connectivity index (χ1) is 14.9. The van der Waals surface area contributed by atoms with Crippen molar-refractivity contribution in [3.05, 3.63) is 38.2 Å². The molecular formula is C27H40OS2. The van der Waals surface area contributed by atoms with E-state index in [1.54, 1.807) is 22.5 Å². The van der Waals surface area contributed by atoms with Gasteiger partial charge in [0.1, 0.15) is 5.75 Å². The van der Waals surface area contributed by atoms with Crippen LogP contribution in [0, 0.1) is 11.8 Å². The Balaban J connectivity index is 0.916. The highest BCUT2D eigenvalue weighted by Crippen LogP contribution is 2.33. The number of rotatable bonds is 13. The molecule has 2 aromatic rings. The third-order valence-electron chi connectivity index (χ3n) is 7.32. The Hall–Kier alpha value is -0.800. The quantitative estimate of drug-likeness (QED) is 0.280. The van der Waals surface area contributed by atoms with Gasteiger partial charge in [0.25, 0.3) is 0 Å². The fraction of sp³-hybridized carbons (Fsp3) is 0.704. The van der Waals surface area contributed by atoms with E-state index in [0.717, 1.165) is 24.2 Å². The van der Waals surface area contributed by atoms with Gasteiger partial charge in [-0.15, -0.1) is 11.3 Å². The van der Waals surface area contributed by atoms with Gasteiger partial charge in [-0.3, -0.25) is 0 Å². The molecule has 0 saturated heterocycles. The number of unbranched alkanes of at least 4 members (excludes halogenated alkanes) is 9. The average Bonchev–Trinajstić information content (AvgIpc) is 3.42. The van der Waals surface area contributed by atoms with Crippen molar-refractivity contribution < 1.29 is 4.74 Å². The molecule has 4 rings (SSSR count). The molecule has 0 saturated carbocycles. The second kappa shape index (κ2) is 12.3. The van der Waals surface area contributed by atoms with Crippen LogP contribution in [0.15, 0.2) is 21.5 Å². The lowest BCUT2D eigenvalue weighted by Gasteiger charge is -2.23. The molecule has 0 fully saturated rings. The van der Waals surface area contributed by atoms with Gasteiger partial charge in [-0.05, 0) is 71.2 Å². The van der Waals surface area contributed by atoms with E-state index in [2.05, 4.69) is 21.5 Å². The summed E-state index contributed by atoms with van der Waals surface area (Å²) >= 11 is 3.69. The molecule has 0 bridgehead atoms. The molecule has 166 valence electrons. The second-order valence-corrected chi connectivity index (χ2v) is 11.3. The molecule has 3 heteroatoms. The molecule has 2 unspecified atom stereocenters. The topological polar surface area (TPSA) is 9.23 Å². The summed E-state index contributed by atoms with van der Waals surface area (Å²) in [4.78, 5) is 0. The first-order valence-electron chi connectivity index (χ1n) is 12.6. The van der Waals surface area contributed by atoms with Gasteiger partial charge in [0.05, 0.1) is 6.61 Å². The van der Waals surface area contributed by atoms with E-state index >= 15 is 0 Å². The fourth-order valence-electron chi connectivity index (χ4n) is 5.40. The van der Waals surface area contributed by atoms with Gasteiger partial charge in [0, 0.05) is 10.9 Å². The van der Waals surface area contributed by atoms with Crippen molar-refractivity contribution in [1.82, 2.24) is 0 Å². The Morgan fingerprint density at radius 1 is 0.633 bits per heavy atom. The van der Waals surface area contributed by atoms with Crippen LogP contribution in [0.3, 0.4) is 0 Å². The van der Waals surface area contributed by atoms with E-state index < -0.39 is 0 Å².